The Kier molecular flexibility index (Phi) is 5.18. The van der Waals surface area contributed by atoms with E-state index in [1.54, 1.807) is 18.2 Å². The maximum atomic E-state index is 10.0. The first kappa shape index (κ1) is 19.3. The van der Waals surface area contributed by atoms with Gasteiger partial charge in [-0.25, -0.2) is 0 Å². The van der Waals surface area contributed by atoms with Crippen molar-refractivity contribution in [2.45, 2.75) is 12.8 Å². The number of nitrogens with zero attached hydrogens (tertiary/aromatic N) is 4. The van der Waals surface area contributed by atoms with E-state index in [0.29, 0.717) is 28.7 Å². The van der Waals surface area contributed by atoms with E-state index in [1.807, 2.05) is 13.0 Å². The van der Waals surface area contributed by atoms with Gasteiger partial charge in [-0.3, -0.25) is 4.90 Å². The average molecular weight is 398 g/mol. The number of benzene rings is 1. The summed E-state index contributed by atoms with van der Waals surface area (Å²) < 4.78 is 0. The minimum Gasteiger partial charge on any atom is -0.399 e. The van der Waals surface area contributed by atoms with Gasteiger partial charge in [0.1, 0.15) is 6.07 Å². The molecule has 1 aromatic carbocycles. The summed E-state index contributed by atoms with van der Waals surface area (Å²) in [5, 5.41) is 30.6. The molecule has 7 heteroatoms. The Bertz CT molecular complexity index is 960. The topological polar surface area (TPSA) is 101 Å². The minimum atomic E-state index is -1.70. The number of nitriles is 3. The van der Waals surface area contributed by atoms with Crippen molar-refractivity contribution in [1.29, 1.82) is 15.8 Å². The number of likely N-dealkylation sites (N-methyl/N-ethyl adjacent to an activating group) is 1. The summed E-state index contributed by atoms with van der Waals surface area (Å²) in [6.07, 6.45) is 1.97. The predicted octanol–water partition coefficient (Wildman–Crippen LogP) is 3.74. The molecule has 1 aromatic rings. The largest absolute Gasteiger partial charge is 0.399 e. The van der Waals surface area contributed by atoms with Crippen molar-refractivity contribution in [3.8, 4) is 18.2 Å². The van der Waals surface area contributed by atoms with Gasteiger partial charge in [-0.05, 0) is 35.9 Å². The van der Waals surface area contributed by atoms with Crippen LogP contribution in [-0.4, -0.2) is 24.5 Å². The molecule has 27 heavy (non-hydrogen) atoms. The van der Waals surface area contributed by atoms with Crippen LogP contribution in [0.15, 0.2) is 41.1 Å². The fourth-order valence-electron chi connectivity index (χ4n) is 4.09. The second-order valence-electron chi connectivity index (χ2n) is 6.69. The van der Waals surface area contributed by atoms with E-state index >= 15 is 0 Å². The zero-order valence-electron chi connectivity index (χ0n) is 14.7. The molecule has 0 spiro atoms. The number of fused-ring (bicyclic) bond motifs is 1. The third-order valence-corrected chi connectivity index (χ3v) is 6.06. The Hall–Kier alpha value is -2.49. The van der Waals surface area contributed by atoms with Gasteiger partial charge in [0.2, 0.25) is 0 Å². The highest BCUT2D eigenvalue weighted by atomic mass is 35.5. The van der Waals surface area contributed by atoms with Crippen LogP contribution >= 0.6 is 23.2 Å². The monoisotopic (exact) mass is 397 g/mol. The van der Waals surface area contributed by atoms with Crippen molar-refractivity contribution < 1.29 is 0 Å². The first-order chi connectivity index (χ1) is 12.9. The highest BCUT2D eigenvalue weighted by molar-refractivity contribution is 6.33. The summed E-state index contributed by atoms with van der Waals surface area (Å²) in [7, 11) is 0. The maximum absolute atomic E-state index is 10.0. The molecule has 1 aliphatic heterocycles. The number of hydrogen-bond donors (Lipinski definition) is 1. The van der Waals surface area contributed by atoms with Gasteiger partial charge in [-0.15, -0.1) is 0 Å². The summed E-state index contributed by atoms with van der Waals surface area (Å²) in [5.41, 5.74) is 6.16. The predicted molar refractivity (Wildman–Crippen MR) is 103 cm³/mol. The van der Waals surface area contributed by atoms with Crippen molar-refractivity contribution in [1.82, 2.24) is 4.90 Å². The summed E-state index contributed by atoms with van der Waals surface area (Å²) in [6.45, 7) is 4.13. The van der Waals surface area contributed by atoms with E-state index in [-0.39, 0.29) is 17.2 Å². The molecule has 2 aliphatic rings. The van der Waals surface area contributed by atoms with Crippen LogP contribution in [0.2, 0.25) is 10.0 Å². The van der Waals surface area contributed by atoms with Gasteiger partial charge in [0.25, 0.3) is 0 Å². The molecule has 136 valence electrons. The van der Waals surface area contributed by atoms with E-state index in [1.165, 1.54) is 0 Å². The number of rotatable bonds is 2. The van der Waals surface area contributed by atoms with Gasteiger partial charge >= 0.3 is 0 Å². The lowest BCUT2D eigenvalue weighted by atomic mass is 9.58. The standard InChI is InChI=1S/C20H17Cl2N5/c1-2-27-6-5-13-15(8-23)19(26)20(10-24,11-25)18(16(13)9-27)14-7-12(21)3-4-17(14)22/h3-5,7,16,18H,2,6,9,26H2,1H3/t16-,18+/m0/s1. The van der Waals surface area contributed by atoms with Crippen LogP contribution in [0.25, 0.3) is 0 Å². The molecule has 2 atom stereocenters. The molecular weight excluding hydrogens is 381 g/mol. The van der Waals surface area contributed by atoms with Gasteiger partial charge < -0.3 is 5.73 Å². The third kappa shape index (κ3) is 2.88. The second kappa shape index (κ2) is 7.26. The van der Waals surface area contributed by atoms with Crippen molar-refractivity contribution in [2.24, 2.45) is 17.1 Å². The Labute approximate surface area is 168 Å². The van der Waals surface area contributed by atoms with Crippen LogP contribution < -0.4 is 5.73 Å². The Morgan fingerprint density at radius 1 is 1.26 bits per heavy atom. The molecule has 0 fully saturated rings. The molecule has 5 nitrogen and oxygen atoms in total. The lowest BCUT2D eigenvalue weighted by Gasteiger charge is -2.45. The van der Waals surface area contributed by atoms with E-state index in [0.717, 1.165) is 12.1 Å². The number of halogens is 2. The number of nitrogens with two attached hydrogens (primary N) is 1. The fourth-order valence-corrected chi connectivity index (χ4v) is 4.51. The summed E-state index contributed by atoms with van der Waals surface area (Å²) in [4.78, 5) is 2.19. The molecule has 2 N–H and O–H groups in total. The molecule has 1 aliphatic carbocycles. The zero-order chi connectivity index (χ0) is 19.8. The smallest absolute Gasteiger partial charge is 0.191 e. The Morgan fingerprint density at radius 3 is 2.56 bits per heavy atom. The molecule has 0 saturated heterocycles. The molecule has 0 aromatic heterocycles. The Morgan fingerprint density at radius 2 is 1.96 bits per heavy atom. The summed E-state index contributed by atoms with van der Waals surface area (Å²) in [5.74, 6) is -0.896. The first-order valence-electron chi connectivity index (χ1n) is 8.54. The molecule has 0 radical (unpaired) electrons. The van der Waals surface area contributed by atoms with E-state index < -0.39 is 11.3 Å². The van der Waals surface area contributed by atoms with Crippen molar-refractivity contribution >= 4 is 23.2 Å². The van der Waals surface area contributed by atoms with Crippen LogP contribution in [0.4, 0.5) is 0 Å². The number of hydrogen-bond acceptors (Lipinski definition) is 5. The zero-order valence-corrected chi connectivity index (χ0v) is 16.2. The van der Waals surface area contributed by atoms with E-state index in [4.69, 9.17) is 28.9 Å². The van der Waals surface area contributed by atoms with Crippen LogP contribution in [-0.2, 0) is 0 Å². The van der Waals surface area contributed by atoms with E-state index in [9.17, 15) is 15.8 Å². The highest BCUT2D eigenvalue weighted by Gasteiger charge is 2.54. The van der Waals surface area contributed by atoms with Crippen LogP contribution in [0.1, 0.15) is 18.4 Å². The Balaban J connectivity index is 2.36. The van der Waals surface area contributed by atoms with Gasteiger partial charge in [-0.2, -0.15) is 15.8 Å². The van der Waals surface area contributed by atoms with Crippen molar-refractivity contribution in [3.63, 3.8) is 0 Å². The van der Waals surface area contributed by atoms with Gasteiger partial charge in [0.05, 0.1) is 23.4 Å². The van der Waals surface area contributed by atoms with Crippen LogP contribution in [0, 0.1) is 45.3 Å². The third-order valence-electron chi connectivity index (χ3n) is 5.48. The number of allylic oxidation sites excluding steroid dienone is 2. The lowest BCUT2D eigenvalue weighted by molar-refractivity contribution is 0.214. The van der Waals surface area contributed by atoms with Gasteiger partial charge in [0.15, 0.2) is 5.41 Å². The molecule has 1 heterocycles. The van der Waals surface area contributed by atoms with Crippen molar-refractivity contribution in [3.05, 3.63) is 56.7 Å². The summed E-state index contributed by atoms with van der Waals surface area (Å²) in [6, 6.07) is 11.3. The quantitative estimate of drug-likeness (QED) is 0.818. The van der Waals surface area contributed by atoms with Crippen LogP contribution in [0.5, 0.6) is 0 Å². The maximum Gasteiger partial charge on any atom is 0.191 e. The first-order valence-corrected chi connectivity index (χ1v) is 9.29. The summed E-state index contributed by atoms with van der Waals surface area (Å²) >= 11 is 12.7. The molecule has 0 bridgehead atoms. The molecular formula is C20H17Cl2N5. The minimum absolute atomic E-state index is 0.0107. The van der Waals surface area contributed by atoms with E-state index in [2.05, 4.69) is 23.1 Å². The molecule has 3 rings (SSSR count). The second-order valence-corrected chi connectivity index (χ2v) is 7.54. The van der Waals surface area contributed by atoms with Crippen molar-refractivity contribution in [2.75, 3.05) is 19.6 Å². The molecule has 0 unspecified atom stereocenters. The van der Waals surface area contributed by atoms with Crippen LogP contribution in [0.3, 0.4) is 0 Å². The fraction of sp³-hybridized carbons (Fsp3) is 0.350. The SMILES string of the molecule is CCN1CC=C2C(C#N)=C(N)C(C#N)(C#N)[C@H](c3cc(Cl)ccc3Cl)[C@H]2C1. The molecule has 0 amide bonds. The van der Waals surface area contributed by atoms with Gasteiger partial charge in [-0.1, -0.05) is 36.2 Å². The lowest BCUT2D eigenvalue weighted by Crippen LogP contribution is -2.48. The average Bonchev–Trinajstić information content (AvgIpc) is 2.69. The highest BCUT2D eigenvalue weighted by Crippen LogP contribution is 2.55. The normalized spacial score (nSPS) is 24.2. The van der Waals surface area contributed by atoms with Gasteiger partial charge in [0, 0.05) is 35.0 Å². The molecule has 0 saturated carbocycles.